The van der Waals surface area contributed by atoms with E-state index < -0.39 is 0 Å². The molecule has 8 heteroatoms. The van der Waals surface area contributed by atoms with Crippen LogP contribution in [0.5, 0.6) is 0 Å². The summed E-state index contributed by atoms with van der Waals surface area (Å²) in [5.74, 6) is 0.709. The second kappa shape index (κ2) is 12.3. The lowest BCUT2D eigenvalue weighted by Crippen LogP contribution is -2.38. The summed E-state index contributed by atoms with van der Waals surface area (Å²) in [6, 6.07) is 9.40. The fourth-order valence-electron chi connectivity index (χ4n) is 2.30. The Hall–Kier alpha value is -2.10. The zero-order valence-electron chi connectivity index (χ0n) is 15.2. The number of guanidine groups is 1. The molecule has 0 saturated heterocycles. The largest absolute Gasteiger partial charge is 0.357 e. The van der Waals surface area contributed by atoms with Gasteiger partial charge in [0.05, 0.1) is 6.54 Å². The molecule has 0 unspecified atom stereocenters. The first-order valence-corrected chi connectivity index (χ1v) is 8.53. The van der Waals surface area contributed by atoms with Crippen molar-refractivity contribution < 1.29 is 4.79 Å². The molecule has 1 aromatic carbocycles. The first kappa shape index (κ1) is 21.9. The van der Waals surface area contributed by atoms with E-state index in [1.807, 2.05) is 48.1 Å². The molecule has 3 N–H and O–H groups in total. The number of amides is 1. The normalized spacial score (nSPS) is 10.8. The summed E-state index contributed by atoms with van der Waals surface area (Å²) in [5.41, 5.74) is 1.71. The molecule has 1 amide bonds. The molecule has 0 aliphatic heterocycles. The molecule has 0 spiro atoms. The highest BCUT2D eigenvalue weighted by atomic mass is 127. The van der Waals surface area contributed by atoms with E-state index in [2.05, 4.69) is 26.0 Å². The Kier molecular flexibility index (Phi) is 10.4. The summed E-state index contributed by atoms with van der Waals surface area (Å²) in [6.45, 7) is 5.10. The average molecular weight is 470 g/mol. The number of halogens is 1. The Bertz CT molecular complexity index is 669. The van der Waals surface area contributed by atoms with Crippen LogP contribution < -0.4 is 16.0 Å². The van der Waals surface area contributed by atoms with E-state index in [4.69, 9.17) is 0 Å². The molecule has 0 aliphatic carbocycles. The van der Waals surface area contributed by atoms with Gasteiger partial charge in [-0.2, -0.15) is 5.10 Å². The van der Waals surface area contributed by atoms with E-state index in [1.165, 1.54) is 0 Å². The van der Waals surface area contributed by atoms with Gasteiger partial charge in [0.2, 0.25) is 0 Å². The van der Waals surface area contributed by atoms with E-state index in [9.17, 15) is 4.79 Å². The molecule has 1 aromatic heterocycles. The molecule has 142 valence electrons. The predicted molar refractivity (Wildman–Crippen MR) is 115 cm³/mol. The van der Waals surface area contributed by atoms with Gasteiger partial charge >= 0.3 is 0 Å². The number of hydrogen-bond donors (Lipinski definition) is 3. The maximum absolute atomic E-state index is 11.5. The number of aryl methyl sites for hydroxylation is 1. The maximum atomic E-state index is 11.5. The molecule has 2 rings (SSSR count). The van der Waals surface area contributed by atoms with Crippen molar-refractivity contribution >= 4 is 35.8 Å². The number of aliphatic imine (C=N–C) groups is 1. The SMILES string of the molecule is CCNC(=NCc1ccc(C(=O)NC)cc1)NCCCn1cccn1.I. The summed E-state index contributed by atoms with van der Waals surface area (Å²) in [7, 11) is 1.63. The van der Waals surface area contributed by atoms with Crippen molar-refractivity contribution in [3.63, 3.8) is 0 Å². The van der Waals surface area contributed by atoms with Crippen LogP contribution in [0.1, 0.15) is 29.3 Å². The topological polar surface area (TPSA) is 83.3 Å². The molecule has 0 aliphatic rings. The van der Waals surface area contributed by atoms with E-state index in [-0.39, 0.29) is 29.9 Å². The van der Waals surface area contributed by atoms with Gasteiger partial charge in [-0.05, 0) is 37.1 Å². The van der Waals surface area contributed by atoms with Crippen molar-refractivity contribution in [1.82, 2.24) is 25.7 Å². The number of hydrogen-bond acceptors (Lipinski definition) is 3. The second-order valence-corrected chi connectivity index (χ2v) is 5.52. The Labute approximate surface area is 171 Å². The molecule has 0 fully saturated rings. The molecule has 1 heterocycles. The van der Waals surface area contributed by atoms with Gasteiger partial charge in [-0.15, -0.1) is 24.0 Å². The van der Waals surface area contributed by atoms with Crippen molar-refractivity contribution in [2.45, 2.75) is 26.4 Å². The molecule has 0 bridgehead atoms. The highest BCUT2D eigenvalue weighted by Gasteiger charge is 2.02. The molecular weight excluding hydrogens is 443 g/mol. The molecule has 0 atom stereocenters. The standard InChI is InChI=1S/C18H26N6O.HI/c1-3-20-18(21-10-4-12-24-13-5-11-23-24)22-14-15-6-8-16(9-7-15)17(25)19-2;/h5-9,11,13H,3-4,10,12,14H2,1-2H3,(H,19,25)(H2,20,21,22);1H. The highest BCUT2D eigenvalue weighted by molar-refractivity contribution is 14.0. The van der Waals surface area contributed by atoms with Gasteiger partial charge in [-0.1, -0.05) is 12.1 Å². The van der Waals surface area contributed by atoms with Gasteiger partial charge < -0.3 is 16.0 Å². The highest BCUT2D eigenvalue weighted by Crippen LogP contribution is 2.05. The quantitative estimate of drug-likeness (QED) is 0.239. The third-order valence-electron chi connectivity index (χ3n) is 3.62. The van der Waals surface area contributed by atoms with Gasteiger partial charge in [-0.25, -0.2) is 4.99 Å². The van der Waals surface area contributed by atoms with Gasteiger partial charge in [0.15, 0.2) is 5.96 Å². The van der Waals surface area contributed by atoms with Crippen LogP contribution in [0.25, 0.3) is 0 Å². The minimum atomic E-state index is -0.0813. The van der Waals surface area contributed by atoms with Crippen molar-refractivity contribution in [3.8, 4) is 0 Å². The third-order valence-corrected chi connectivity index (χ3v) is 3.62. The molecule has 2 aromatic rings. The van der Waals surface area contributed by atoms with E-state index >= 15 is 0 Å². The van der Waals surface area contributed by atoms with Gasteiger partial charge in [0.25, 0.3) is 5.91 Å². The summed E-state index contributed by atoms with van der Waals surface area (Å²) in [5, 5.41) is 13.4. The zero-order valence-corrected chi connectivity index (χ0v) is 17.6. The molecule has 26 heavy (non-hydrogen) atoms. The third kappa shape index (κ3) is 7.42. The van der Waals surface area contributed by atoms with E-state index in [0.29, 0.717) is 12.1 Å². The van der Waals surface area contributed by atoms with Crippen molar-refractivity contribution in [2.24, 2.45) is 4.99 Å². The van der Waals surface area contributed by atoms with Crippen molar-refractivity contribution in [1.29, 1.82) is 0 Å². The minimum Gasteiger partial charge on any atom is -0.357 e. The number of nitrogens with zero attached hydrogens (tertiary/aromatic N) is 3. The van der Waals surface area contributed by atoms with Crippen LogP contribution in [0, 0.1) is 0 Å². The number of rotatable bonds is 8. The Morgan fingerprint density at radius 3 is 2.62 bits per heavy atom. The van der Waals surface area contributed by atoms with Gasteiger partial charge in [0.1, 0.15) is 0 Å². The van der Waals surface area contributed by atoms with Crippen molar-refractivity contribution in [2.75, 3.05) is 20.1 Å². The average Bonchev–Trinajstić information content (AvgIpc) is 3.16. The summed E-state index contributed by atoms with van der Waals surface area (Å²) < 4.78 is 1.92. The lowest BCUT2D eigenvalue weighted by atomic mass is 10.1. The Morgan fingerprint density at radius 2 is 2.00 bits per heavy atom. The summed E-state index contributed by atoms with van der Waals surface area (Å²) in [6.07, 6.45) is 4.71. The molecule has 0 saturated carbocycles. The van der Waals surface area contributed by atoms with E-state index in [0.717, 1.165) is 37.6 Å². The van der Waals surface area contributed by atoms with Crippen LogP contribution in [-0.4, -0.2) is 41.8 Å². The Balaban J connectivity index is 0.00000338. The van der Waals surface area contributed by atoms with Crippen LogP contribution in [0.4, 0.5) is 0 Å². The fourth-order valence-corrected chi connectivity index (χ4v) is 2.30. The predicted octanol–water partition coefficient (Wildman–Crippen LogP) is 2.01. The molecular formula is C18H27IN6O. The molecule has 0 radical (unpaired) electrons. The summed E-state index contributed by atoms with van der Waals surface area (Å²) >= 11 is 0. The smallest absolute Gasteiger partial charge is 0.251 e. The number of carbonyl (C=O) groups excluding carboxylic acids is 1. The van der Waals surface area contributed by atoms with Crippen LogP contribution in [0.15, 0.2) is 47.7 Å². The lowest BCUT2D eigenvalue weighted by molar-refractivity contribution is 0.0963. The minimum absolute atomic E-state index is 0. The number of nitrogens with one attached hydrogen (secondary N) is 3. The fraction of sp³-hybridized carbons (Fsp3) is 0.389. The van der Waals surface area contributed by atoms with E-state index in [1.54, 1.807) is 13.2 Å². The van der Waals surface area contributed by atoms with Crippen molar-refractivity contribution in [3.05, 3.63) is 53.9 Å². The van der Waals surface area contributed by atoms with Crippen LogP contribution >= 0.6 is 24.0 Å². The first-order valence-electron chi connectivity index (χ1n) is 8.53. The number of aromatic nitrogens is 2. The molecule has 7 nitrogen and oxygen atoms in total. The van der Waals surface area contributed by atoms with Gasteiger partial charge in [-0.3, -0.25) is 9.48 Å². The lowest BCUT2D eigenvalue weighted by Gasteiger charge is -2.11. The monoisotopic (exact) mass is 470 g/mol. The summed E-state index contributed by atoms with van der Waals surface area (Å²) in [4.78, 5) is 16.1. The van der Waals surface area contributed by atoms with Crippen LogP contribution in [0.3, 0.4) is 0 Å². The number of carbonyl (C=O) groups is 1. The van der Waals surface area contributed by atoms with Crippen LogP contribution in [0.2, 0.25) is 0 Å². The second-order valence-electron chi connectivity index (χ2n) is 5.52. The zero-order chi connectivity index (χ0) is 17.9. The maximum Gasteiger partial charge on any atom is 0.251 e. The van der Waals surface area contributed by atoms with Crippen LogP contribution in [-0.2, 0) is 13.1 Å². The first-order chi connectivity index (χ1) is 12.2. The Morgan fingerprint density at radius 1 is 1.23 bits per heavy atom. The number of benzene rings is 1. The van der Waals surface area contributed by atoms with Gasteiger partial charge in [0, 0.05) is 44.6 Å².